The number of carbonyl (C=O) groups excluding carboxylic acids is 1. The highest BCUT2D eigenvalue weighted by Crippen LogP contribution is 2.30. The van der Waals surface area contributed by atoms with E-state index in [-0.39, 0.29) is 16.9 Å². The zero-order valence-corrected chi connectivity index (χ0v) is 18.7. The molecule has 0 saturated carbocycles. The number of benzene rings is 2. The van der Waals surface area contributed by atoms with Crippen LogP contribution >= 0.6 is 0 Å². The molecule has 2 aromatic carbocycles. The maximum atomic E-state index is 13.1. The molecule has 1 amide bonds. The van der Waals surface area contributed by atoms with Crippen LogP contribution < -0.4 is 5.32 Å². The predicted octanol–water partition coefficient (Wildman–Crippen LogP) is 3.51. The Balaban J connectivity index is 1.34. The van der Waals surface area contributed by atoms with Crippen LogP contribution in [0.15, 0.2) is 47.4 Å². The predicted molar refractivity (Wildman–Crippen MR) is 121 cm³/mol. The Kier molecular flexibility index (Phi) is 5.48. The number of nitrogens with zero attached hydrogens (tertiary/aromatic N) is 2. The van der Waals surface area contributed by atoms with Gasteiger partial charge in [-0.2, -0.15) is 4.31 Å². The summed E-state index contributed by atoms with van der Waals surface area (Å²) < 4.78 is 33.3. The lowest BCUT2D eigenvalue weighted by Crippen LogP contribution is -2.43. The molecule has 2 aliphatic rings. The minimum atomic E-state index is -3.74. The van der Waals surface area contributed by atoms with Crippen LogP contribution in [0.5, 0.6) is 0 Å². The normalized spacial score (nSPS) is 21.9. The van der Waals surface area contributed by atoms with Crippen molar-refractivity contribution >= 4 is 32.7 Å². The molecule has 2 fully saturated rings. The molecule has 8 nitrogen and oxygen atoms in total. The molecular weight excluding hydrogens is 428 g/mol. The molecule has 3 heterocycles. The number of sulfonamides is 1. The standard InChI is InChI=1S/C23H26N4O4S/c1-15-6-9-17(10-7-15)32(29,30)27-12-2-4-20(27)23(28)24-16-8-11-18-19(14-16)26-22(25-18)21-5-3-13-31-21/h6-11,14,20-21H,2-5,12-13H2,1H3,(H,24,28)(H,25,26)/t20-,21?/m0/s1. The number of imidazole rings is 1. The Bertz CT molecular complexity index is 1250. The van der Waals surface area contributed by atoms with Gasteiger partial charge < -0.3 is 15.0 Å². The van der Waals surface area contributed by atoms with Crippen LogP contribution in [0.2, 0.25) is 0 Å². The Hall–Kier alpha value is -2.75. The number of nitrogens with one attached hydrogen (secondary N) is 2. The van der Waals surface area contributed by atoms with Gasteiger partial charge in [-0.05, 0) is 62.9 Å². The zero-order valence-electron chi connectivity index (χ0n) is 17.9. The van der Waals surface area contributed by atoms with E-state index in [4.69, 9.17) is 4.74 Å². The van der Waals surface area contributed by atoms with Crippen molar-refractivity contribution in [3.63, 3.8) is 0 Å². The molecule has 0 spiro atoms. The molecule has 0 aliphatic carbocycles. The number of rotatable bonds is 5. The fraction of sp³-hybridized carbons (Fsp3) is 0.391. The van der Waals surface area contributed by atoms with Crippen molar-refractivity contribution in [3.05, 3.63) is 53.9 Å². The summed E-state index contributed by atoms with van der Waals surface area (Å²) in [5.74, 6) is 0.475. The molecule has 5 rings (SSSR count). The summed E-state index contributed by atoms with van der Waals surface area (Å²) in [6, 6.07) is 11.4. The van der Waals surface area contributed by atoms with Crippen LogP contribution in [0.4, 0.5) is 5.69 Å². The molecular formula is C23H26N4O4S. The van der Waals surface area contributed by atoms with E-state index in [0.717, 1.165) is 41.9 Å². The molecule has 1 aromatic heterocycles. The first-order valence-corrected chi connectivity index (χ1v) is 12.4. The van der Waals surface area contributed by atoms with Gasteiger partial charge in [0.15, 0.2) is 0 Å². The second-order valence-electron chi connectivity index (χ2n) is 8.43. The van der Waals surface area contributed by atoms with Crippen LogP contribution in [0.25, 0.3) is 11.0 Å². The van der Waals surface area contributed by atoms with Crippen LogP contribution in [-0.2, 0) is 19.6 Å². The summed E-state index contributed by atoms with van der Waals surface area (Å²) in [5.41, 5.74) is 3.20. The van der Waals surface area contributed by atoms with Gasteiger partial charge in [0.05, 0.1) is 15.9 Å². The van der Waals surface area contributed by atoms with Gasteiger partial charge in [-0.15, -0.1) is 0 Å². The molecule has 2 atom stereocenters. The van der Waals surface area contributed by atoms with Crippen LogP contribution in [0.1, 0.15) is 43.2 Å². The van der Waals surface area contributed by atoms with Crippen molar-refractivity contribution in [3.8, 4) is 0 Å². The van der Waals surface area contributed by atoms with Gasteiger partial charge in [0, 0.05) is 18.8 Å². The molecule has 168 valence electrons. The quantitative estimate of drug-likeness (QED) is 0.614. The van der Waals surface area contributed by atoms with E-state index >= 15 is 0 Å². The minimum Gasteiger partial charge on any atom is -0.370 e. The van der Waals surface area contributed by atoms with Crippen molar-refractivity contribution in [2.75, 3.05) is 18.5 Å². The Morgan fingerprint density at radius 1 is 1.16 bits per heavy atom. The number of hydrogen-bond donors (Lipinski definition) is 2. The Morgan fingerprint density at radius 3 is 2.72 bits per heavy atom. The molecule has 0 bridgehead atoms. The molecule has 1 unspecified atom stereocenters. The number of fused-ring (bicyclic) bond motifs is 1. The van der Waals surface area contributed by atoms with E-state index in [1.807, 2.05) is 19.1 Å². The van der Waals surface area contributed by atoms with Crippen LogP contribution in [0.3, 0.4) is 0 Å². The summed E-state index contributed by atoms with van der Waals surface area (Å²) in [6.07, 6.45) is 3.09. The van der Waals surface area contributed by atoms with Gasteiger partial charge in [-0.3, -0.25) is 4.79 Å². The summed E-state index contributed by atoms with van der Waals surface area (Å²) in [7, 11) is -3.74. The molecule has 2 aliphatic heterocycles. The fourth-order valence-electron chi connectivity index (χ4n) is 4.41. The molecule has 2 saturated heterocycles. The van der Waals surface area contributed by atoms with Crippen molar-refractivity contribution < 1.29 is 17.9 Å². The molecule has 32 heavy (non-hydrogen) atoms. The van der Waals surface area contributed by atoms with Crippen molar-refractivity contribution in [2.45, 2.75) is 49.6 Å². The van der Waals surface area contributed by atoms with Gasteiger partial charge in [0.25, 0.3) is 0 Å². The number of anilines is 1. The van der Waals surface area contributed by atoms with Gasteiger partial charge in [0.1, 0.15) is 18.0 Å². The summed E-state index contributed by atoms with van der Waals surface area (Å²) in [5, 5.41) is 2.89. The number of ether oxygens (including phenoxy) is 1. The first kappa shape index (κ1) is 21.1. The van der Waals surface area contributed by atoms with Crippen LogP contribution in [-0.4, -0.2) is 47.8 Å². The van der Waals surface area contributed by atoms with E-state index in [1.54, 1.807) is 30.3 Å². The third kappa shape index (κ3) is 3.92. The fourth-order valence-corrected chi connectivity index (χ4v) is 6.07. The number of carbonyl (C=O) groups is 1. The lowest BCUT2D eigenvalue weighted by atomic mass is 10.2. The molecule has 3 aromatic rings. The SMILES string of the molecule is Cc1ccc(S(=O)(=O)N2CCC[C@H]2C(=O)Nc2ccc3nc(C4CCCO4)[nH]c3c2)cc1. The first-order valence-electron chi connectivity index (χ1n) is 10.9. The van der Waals surface area contributed by atoms with Gasteiger partial charge in [0.2, 0.25) is 15.9 Å². The zero-order chi connectivity index (χ0) is 22.3. The highest BCUT2D eigenvalue weighted by atomic mass is 32.2. The van der Waals surface area contributed by atoms with Crippen molar-refractivity contribution in [1.82, 2.24) is 14.3 Å². The van der Waals surface area contributed by atoms with Gasteiger partial charge >= 0.3 is 0 Å². The summed E-state index contributed by atoms with van der Waals surface area (Å²) >= 11 is 0. The third-order valence-corrected chi connectivity index (χ3v) is 8.06. The lowest BCUT2D eigenvalue weighted by molar-refractivity contribution is -0.119. The maximum Gasteiger partial charge on any atom is 0.243 e. The average molecular weight is 455 g/mol. The summed E-state index contributed by atoms with van der Waals surface area (Å²) in [6.45, 7) is 2.98. The van der Waals surface area contributed by atoms with E-state index in [0.29, 0.717) is 25.1 Å². The van der Waals surface area contributed by atoms with Gasteiger partial charge in [-0.25, -0.2) is 13.4 Å². The van der Waals surface area contributed by atoms with Crippen molar-refractivity contribution in [2.24, 2.45) is 0 Å². The number of aromatic nitrogens is 2. The largest absolute Gasteiger partial charge is 0.370 e. The lowest BCUT2D eigenvalue weighted by Gasteiger charge is -2.23. The minimum absolute atomic E-state index is 0.0144. The number of aryl methyl sites for hydroxylation is 1. The van der Waals surface area contributed by atoms with E-state index in [1.165, 1.54) is 4.31 Å². The topological polar surface area (TPSA) is 104 Å². The molecule has 2 N–H and O–H groups in total. The van der Waals surface area contributed by atoms with E-state index < -0.39 is 16.1 Å². The molecule has 0 radical (unpaired) electrons. The number of aromatic amines is 1. The Labute approximate surface area is 187 Å². The number of hydrogen-bond acceptors (Lipinski definition) is 5. The number of amides is 1. The second kappa shape index (κ2) is 8.31. The smallest absolute Gasteiger partial charge is 0.243 e. The van der Waals surface area contributed by atoms with E-state index in [9.17, 15) is 13.2 Å². The van der Waals surface area contributed by atoms with Crippen molar-refractivity contribution in [1.29, 1.82) is 0 Å². The number of H-pyrrole nitrogens is 1. The first-order chi connectivity index (χ1) is 15.4. The maximum absolute atomic E-state index is 13.1. The monoisotopic (exact) mass is 454 g/mol. The third-order valence-electron chi connectivity index (χ3n) is 6.14. The Morgan fingerprint density at radius 2 is 1.97 bits per heavy atom. The van der Waals surface area contributed by atoms with E-state index in [2.05, 4.69) is 15.3 Å². The summed E-state index contributed by atoms with van der Waals surface area (Å²) in [4.78, 5) is 21.1. The second-order valence-corrected chi connectivity index (χ2v) is 10.3. The highest BCUT2D eigenvalue weighted by Gasteiger charge is 2.39. The average Bonchev–Trinajstić information content (AvgIpc) is 3.53. The highest BCUT2D eigenvalue weighted by molar-refractivity contribution is 7.89. The molecule has 9 heteroatoms. The van der Waals surface area contributed by atoms with Gasteiger partial charge in [-0.1, -0.05) is 17.7 Å². The van der Waals surface area contributed by atoms with Crippen LogP contribution in [0, 0.1) is 6.92 Å².